The molecule has 0 saturated carbocycles. The zero-order chi connectivity index (χ0) is 14.2. The van der Waals surface area contributed by atoms with Gasteiger partial charge >= 0.3 is 0 Å². The van der Waals surface area contributed by atoms with Gasteiger partial charge in [-0.25, -0.2) is 0 Å². The van der Waals surface area contributed by atoms with Crippen LogP contribution in [0, 0.1) is 0 Å². The van der Waals surface area contributed by atoms with Crippen molar-refractivity contribution >= 4 is 23.2 Å². The maximum Gasteiger partial charge on any atom is 0.243 e. The number of carbonyl (C=O) groups excluding carboxylic acids is 1. The summed E-state index contributed by atoms with van der Waals surface area (Å²) in [6, 6.07) is 5.29. The first-order valence-electron chi connectivity index (χ1n) is 6.74. The van der Waals surface area contributed by atoms with E-state index in [1.54, 1.807) is 4.90 Å². The summed E-state index contributed by atoms with van der Waals surface area (Å²) < 4.78 is 0. The SMILES string of the molecule is CCCC(N)C(=O)N1CC(C)(C)c2c(Cl)cccc21. The molecule has 1 aromatic carbocycles. The Kier molecular flexibility index (Phi) is 3.88. The Morgan fingerprint density at radius 3 is 2.84 bits per heavy atom. The van der Waals surface area contributed by atoms with Gasteiger partial charge in [-0.15, -0.1) is 0 Å². The minimum atomic E-state index is -0.425. The third-order valence-corrected chi connectivity index (χ3v) is 4.01. The van der Waals surface area contributed by atoms with Crippen molar-refractivity contribution in [2.75, 3.05) is 11.4 Å². The summed E-state index contributed by atoms with van der Waals surface area (Å²) in [7, 11) is 0. The lowest BCUT2D eigenvalue weighted by Crippen LogP contribution is -2.44. The topological polar surface area (TPSA) is 46.3 Å². The second-order valence-corrected chi connectivity index (χ2v) is 6.24. The molecule has 1 atom stereocenters. The van der Waals surface area contributed by atoms with Crippen molar-refractivity contribution in [3.05, 3.63) is 28.8 Å². The Labute approximate surface area is 119 Å². The number of benzene rings is 1. The average Bonchev–Trinajstić information content (AvgIpc) is 2.62. The van der Waals surface area contributed by atoms with Gasteiger partial charge in [0.15, 0.2) is 0 Å². The molecule has 0 aliphatic carbocycles. The normalized spacial score (nSPS) is 18.3. The molecule has 0 radical (unpaired) electrons. The number of carbonyl (C=O) groups is 1. The van der Waals surface area contributed by atoms with Crippen molar-refractivity contribution in [3.8, 4) is 0 Å². The van der Waals surface area contributed by atoms with E-state index in [0.29, 0.717) is 13.0 Å². The highest BCUT2D eigenvalue weighted by atomic mass is 35.5. The van der Waals surface area contributed by atoms with E-state index in [-0.39, 0.29) is 11.3 Å². The van der Waals surface area contributed by atoms with Gasteiger partial charge in [-0.1, -0.05) is 44.9 Å². The van der Waals surface area contributed by atoms with E-state index in [4.69, 9.17) is 17.3 Å². The van der Waals surface area contributed by atoms with E-state index in [0.717, 1.165) is 22.7 Å². The first kappa shape index (κ1) is 14.4. The molecule has 0 saturated heterocycles. The first-order valence-corrected chi connectivity index (χ1v) is 7.12. The van der Waals surface area contributed by atoms with Crippen LogP contribution in [0.15, 0.2) is 18.2 Å². The predicted octanol–water partition coefficient (Wildman–Crippen LogP) is 3.09. The molecule has 0 aromatic heterocycles. The quantitative estimate of drug-likeness (QED) is 0.925. The number of hydrogen-bond donors (Lipinski definition) is 1. The van der Waals surface area contributed by atoms with E-state index in [9.17, 15) is 4.79 Å². The molecule has 2 N–H and O–H groups in total. The zero-order valence-electron chi connectivity index (χ0n) is 11.7. The van der Waals surface area contributed by atoms with Crippen LogP contribution in [-0.4, -0.2) is 18.5 Å². The fraction of sp³-hybridized carbons (Fsp3) is 0.533. The van der Waals surface area contributed by atoms with E-state index in [1.807, 2.05) is 25.1 Å². The molecule has 2 rings (SSSR count). The molecule has 1 aromatic rings. The van der Waals surface area contributed by atoms with Crippen molar-refractivity contribution in [3.63, 3.8) is 0 Å². The lowest BCUT2D eigenvalue weighted by molar-refractivity contribution is -0.120. The number of hydrogen-bond acceptors (Lipinski definition) is 2. The van der Waals surface area contributed by atoms with Gasteiger partial charge in [-0.3, -0.25) is 4.79 Å². The van der Waals surface area contributed by atoms with Gasteiger partial charge in [0.05, 0.1) is 6.04 Å². The van der Waals surface area contributed by atoms with Gasteiger partial charge in [0.1, 0.15) is 0 Å². The van der Waals surface area contributed by atoms with Crippen molar-refractivity contribution in [1.29, 1.82) is 0 Å². The van der Waals surface area contributed by atoms with E-state index >= 15 is 0 Å². The molecular weight excluding hydrogens is 260 g/mol. The predicted molar refractivity (Wildman–Crippen MR) is 79.7 cm³/mol. The molecule has 1 unspecified atom stereocenters. The van der Waals surface area contributed by atoms with Crippen LogP contribution in [0.5, 0.6) is 0 Å². The Morgan fingerprint density at radius 2 is 2.21 bits per heavy atom. The third kappa shape index (κ3) is 2.49. The molecule has 0 bridgehead atoms. The monoisotopic (exact) mass is 280 g/mol. The van der Waals surface area contributed by atoms with E-state index < -0.39 is 6.04 Å². The summed E-state index contributed by atoms with van der Waals surface area (Å²) >= 11 is 6.30. The molecule has 1 aliphatic heterocycles. The van der Waals surface area contributed by atoms with Crippen molar-refractivity contribution in [1.82, 2.24) is 0 Å². The molecule has 104 valence electrons. The minimum absolute atomic E-state index is 0.00376. The summed E-state index contributed by atoms with van der Waals surface area (Å²) in [5.41, 5.74) is 7.80. The number of nitrogens with two attached hydrogens (primary N) is 1. The highest BCUT2D eigenvalue weighted by Crippen LogP contribution is 2.44. The average molecular weight is 281 g/mol. The molecule has 0 spiro atoms. The number of nitrogens with zero attached hydrogens (tertiary/aromatic N) is 1. The van der Waals surface area contributed by atoms with Gasteiger partial charge in [0.25, 0.3) is 0 Å². The lowest BCUT2D eigenvalue weighted by atomic mass is 9.87. The number of rotatable bonds is 3. The molecule has 0 fully saturated rings. The fourth-order valence-electron chi connectivity index (χ4n) is 2.80. The molecular formula is C15H21ClN2O. The Balaban J connectivity index is 2.38. The van der Waals surface area contributed by atoms with Crippen LogP contribution >= 0.6 is 11.6 Å². The highest BCUT2D eigenvalue weighted by Gasteiger charge is 2.40. The first-order chi connectivity index (χ1) is 8.88. The number of fused-ring (bicyclic) bond motifs is 1. The Hall–Kier alpha value is -1.06. The van der Waals surface area contributed by atoms with Crippen LogP contribution in [0.2, 0.25) is 5.02 Å². The number of halogens is 1. The summed E-state index contributed by atoms with van der Waals surface area (Å²) in [4.78, 5) is 14.2. The van der Waals surface area contributed by atoms with Crippen LogP contribution in [0.25, 0.3) is 0 Å². The minimum Gasteiger partial charge on any atom is -0.320 e. The summed E-state index contributed by atoms with van der Waals surface area (Å²) in [6.07, 6.45) is 1.62. The second-order valence-electron chi connectivity index (χ2n) is 5.84. The Morgan fingerprint density at radius 1 is 1.53 bits per heavy atom. The maximum atomic E-state index is 12.5. The van der Waals surface area contributed by atoms with Crippen molar-refractivity contribution in [2.24, 2.45) is 5.73 Å². The Bertz CT molecular complexity index is 499. The van der Waals surface area contributed by atoms with Crippen LogP contribution in [-0.2, 0) is 10.2 Å². The number of anilines is 1. The van der Waals surface area contributed by atoms with Gasteiger partial charge < -0.3 is 10.6 Å². The summed E-state index contributed by atoms with van der Waals surface area (Å²) in [6.45, 7) is 6.89. The van der Waals surface area contributed by atoms with Crippen LogP contribution in [0.3, 0.4) is 0 Å². The third-order valence-electron chi connectivity index (χ3n) is 3.70. The molecule has 4 heteroatoms. The highest BCUT2D eigenvalue weighted by molar-refractivity contribution is 6.32. The van der Waals surface area contributed by atoms with Crippen molar-refractivity contribution < 1.29 is 4.79 Å². The smallest absolute Gasteiger partial charge is 0.243 e. The molecule has 19 heavy (non-hydrogen) atoms. The largest absolute Gasteiger partial charge is 0.320 e. The van der Waals surface area contributed by atoms with E-state index in [1.165, 1.54) is 0 Å². The van der Waals surface area contributed by atoms with Crippen LogP contribution in [0.4, 0.5) is 5.69 Å². The van der Waals surface area contributed by atoms with Gasteiger partial charge in [-0.05, 0) is 18.6 Å². The van der Waals surface area contributed by atoms with E-state index in [2.05, 4.69) is 13.8 Å². The van der Waals surface area contributed by atoms with Gasteiger partial charge in [0.2, 0.25) is 5.91 Å². The van der Waals surface area contributed by atoms with Crippen LogP contribution < -0.4 is 10.6 Å². The second kappa shape index (κ2) is 5.14. The van der Waals surface area contributed by atoms with Gasteiger partial charge in [-0.2, -0.15) is 0 Å². The maximum absolute atomic E-state index is 12.5. The van der Waals surface area contributed by atoms with Crippen LogP contribution in [0.1, 0.15) is 39.2 Å². The lowest BCUT2D eigenvalue weighted by Gasteiger charge is -2.23. The van der Waals surface area contributed by atoms with Gasteiger partial charge in [0, 0.05) is 28.2 Å². The summed E-state index contributed by atoms with van der Waals surface area (Å²) in [5.74, 6) is -0.00376. The summed E-state index contributed by atoms with van der Waals surface area (Å²) in [5, 5.41) is 0.724. The molecule has 1 aliphatic rings. The zero-order valence-corrected chi connectivity index (χ0v) is 12.5. The molecule has 1 heterocycles. The van der Waals surface area contributed by atoms with Crippen molar-refractivity contribution in [2.45, 2.75) is 45.1 Å². The fourth-order valence-corrected chi connectivity index (χ4v) is 3.22. The standard InChI is InChI=1S/C15H21ClN2O/c1-4-6-11(17)14(19)18-9-15(2,3)13-10(16)7-5-8-12(13)18/h5,7-8,11H,4,6,9,17H2,1-3H3. The molecule has 3 nitrogen and oxygen atoms in total. The number of amides is 1. The molecule has 1 amide bonds.